The maximum Gasteiger partial charge on any atom is 0.267 e. The number of carbonyl (C=O) groups is 1. The van der Waals surface area contributed by atoms with Gasteiger partial charge < -0.3 is 26.2 Å². The number of likely N-dealkylation sites (tertiary alicyclic amines) is 1. The molecular formula is C36H42F2N8O3. The summed E-state index contributed by atoms with van der Waals surface area (Å²) in [5, 5.41) is 36.2. The van der Waals surface area contributed by atoms with Crippen LogP contribution < -0.4 is 16.0 Å². The Morgan fingerprint density at radius 3 is 2.51 bits per heavy atom. The van der Waals surface area contributed by atoms with Crippen LogP contribution in [0.3, 0.4) is 0 Å². The lowest BCUT2D eigenvalue weighted by Crippen LogP contribution is -2.54. The number of nitrogens with two attached hydrogens (primary N) is 1. The fourth-order valence-corrected chi connectivity index (χ4v) is 7.84. The van der Waals surface area contributed by atoms with E-state index < -0.39 is 18.1 Å². The van der Waals surface area contributed by atoms with Crippen LogP contribution in [0.25, 0.3) is 22.4 Å². The summed E-state index contributed by atoms with van der Waals surface area (Å²) in [6.07, 6.45) is 7.11. The van der Waals surface area contributed by atoms with E-state index in [9.17, 15) is 15.0 Å². The minimum absolute atomic E-state index is 0.0831. The highest BCUT2D eigenvalue weighted by molar-refractivity contribution is 5.78. The normalized spacial score (nSPS) is 25.9. The second-order valence-electron chi connectivity index (χ2n) is 13.6. The van der Waals surface area contributed by atoms with E-state index in [1.807, 2.05) is 45.9 Å². The number of halogens is 2. The Morgan fingerprint density at radius 2 is 1.76 bits per heavy atom. The number of nitrogens with one attached hydrogen (secondary N) is 1. The number of benzene rings is 2. The van der Waals surface area contributed by atoms with Crippen LogP contribution in [0.5, 0.6) is 5.75 Å². The van der Waals surface area contributed by atoms with Crippen LogP contribution in [0.4, 0.5) is 20.3 Å². The molecule has 0 bridgehead atoms. The monoisotopic (exact) mass is 672 g/mol. The molecular weight excluding hydrogens is 630 g/mol. The number of aromatic nitrogens is 4. The largest absolute Gasteiger partial charge is 0.507 e. The van der Waals surface area contributed by atoms with E-state index in [1.54, 1.807) is 42.6 Å². The SMILES string of the molecule is CN(c1cccc([C@H]2CCN(C3CCC(n4cc(-c5cc(-c6ccccc6O)nnc5N)cn4)CC3)CC2(F)F)c1)[C@H]1CCC(=O)NC1O. The van der Waals surface area contributed by atoms with Crippen molar-refractivity contribution in [2.24, 2.45) is 0 Å². The molecule has 0 radical (unpaired) electrons. The molecule has 11 nitrogen and oxygen atoms in total. The first kappa shape index (κ1) is 32.9. The smallest absolute Gasteiger partial charge is 0.267 e. The highest BCUT2D eigenvalue weighted by Gasteiger charge is 2.47. The van der Waals surface area contributed by atoms with Gasteiger partial charge in [-0.2, -0.15) is 5.10 Å². The van der Waals surface area contributed by atoms with Crippen molar-refractivity contribution >= 4 is 17.4 Å². The number of piperidine rings is 2. The fourth-order valence-electron chi connectivity index (χ4n) is 7.84. The van der Waals surface area contributed by atoms with Gasteiger partial charge in [-0.1, -0.05) is 24.3 Å². The van der Waals surface area contributed by atoms with Gasteiger partial charge in [0.15, 0.2) is 5.82 Å². The van der Waals surface area contributed by atoms with Gasteiger partial charge in [0.1, 0.15) is 12.0 Å². The highest BCUT2D eigenvalue weighted by atomic mass is 19.3. The van der Waals surface area contributed by atoms with Gasteiger partial charge in [0.05, 0.1) is 36.4 Å². The number of phenols is 1. The lowest BCUT2D eigenvalue weighted by molar-refractivity contribution is -0.127. The lowest BCUT2D eigenvalue weighted by atomic mass is 9.83. The van der Waals surface area contributed by atoms with Crippen molar-refractivity contribution in [3.8, 4) is 28.1 Å². The number of phenolic OH excluding ortho intramolecular Hbond substituents is 1. The number of hydrogen-bond donors (Lipinski definition) is 4. The molecule has 2 saturated heterocycles. The summed E-state index contributed by atoms with van der Waals surface area (Å²) >= 11 is 0. The molecule has 1 saturated carbocycles. The Labute approximate surface area is 283 Å². The zero-order valence-electron chi connectivity index (χ0n) is 27.4. The van der Waals surface area contributed by atoms with Crippen molar-refractivity contribution in [3.05, 3.63) is 72.6 Å². The third kappa shape index (κ3) is 6.69. The molecule has 13 heteroatoms. The van der Waals surface area contributed by atoms with Gasteiger partial charge >= 0.3 is 0 Å². The minimum Gasteiger partial charge on any atom is -0.507 e. The van der Waals surface area contributed by atoms with Gasteiger partial charge in [0, 0.05) is 48.1 Å². The predicted molar refractivity (Wildman–Crippen MR) is 182 cm³/mol. The van der Waals surface area contributed by atoms with Crippen LogP contribution in [0.1, 0.15) is 62.5 Å². The summed E-state index contributed by atoms with van der Waals surface area (Å²) in [7, 11) is 1.83. The second kappa shape index (κ2) is 13.4. The van der Waals surface area contributed by atoms with Crippen LogP contribution in [0.2, 0.25) is 0 Å². The maximum absolute atomic E-state index is 15.9. The molecule has 7 rings (SSSR count). The molecule has 49 heavy (non-hydrogen) atoms. The van der Waals surface area contributed by atoms with Crippen molar-refractivity contribution in [1.29, 1.82) is 0 Å². The Bertz CT molecular complexity index is 1810. The van der Waals surface area contributed by atoms with E-state index in [-0.39, 0.29) is 42.1 Å². The quantitative estimate of drug-likeness (QED) is 0.215. The van der Waals surface area contributed by atoms with E-state index in [0.717, 1.165) is 36.9 Å². The van der Waals surface area contributed by atoms with Gasteiger partial charge in [0.25, 0.3) is 5.92 Å². The summed E-state index contributed by atoms with van der Waals surface area (Å²) < 4.78 is 33.7. The van der Waals surface area contributed by atoms with Crippen molar-refractivity contribution in [1.82, 2.24) is 30.2 Å². The molecule has 3 atom stereocenters. The molecule has 3 aliphatic rings. The van der Waals surface area contributed by atoms with E-state index >= 15 is 8.78 Å². The predicted octanol–water partition coefficient (Wildman–Crippen LogP) is 4.94. The van der Waals surface area contributed by atoms with E-state index in [1.165, 1.54) is 0 Å². The molecule has 258 valence electrons. The number of rotatable bonds is 7. The number of anilines is 2. The number of hydrogen-bond acceptors (Lipinski definition) is 9. The molecule has 1 aliphatic carbocycles. The van der Waals surface area contributed by atoms with E-state index in [4.69, 9.17) is 5.73 Å². The molecule has 1 amide bonds. The fraction of sp³-hybridized carbons (Fsp3) is 0.444. The number of para-hydroxylation sites is 1. The van der Waals surface area contributed by atoms with Gasteiger partial charge in [-0.15, -0.1) is 10.2 Å². The summed E-state index contributed by atoms with van der Waals surface area (Å²) in [5.74, 6) is -3.60. The number of likely N-dealkylation sites (N-methyl/N-ethyl adjacent to an activating group) is 1. The number of carbonyl (C=O) groups excluding carboxylic acids is 1. The number of aromatic hydroxyl groups is 1. The number of aliphatic hydroxyl groups is 1. The third-order valence-electron chi connectivity index (χ3n) is 10.6. The first-order chi connectivity index (χ1) is 23.6. The number of aliphatic hydroxyl groups excluding tert-OH is 1. The maximum atomic E-state index is 15.9. The van der Waals surface area contributed by atoms with Crippen LogP contribution in [0.15, 0.2) is 67.0 Å². The molecule has 0 spiro atoms. The average molecular weight is 673 g/mol. The minimum atomic E-state index is -2.89. The zero-order valence-corrected chi connectivity index (χ0v) is 27.4. The molecule has 2 aliphatic heterocycles. The first-order valence-electron chi connectivity index (χ1n) is 17.0. The summed E-state index contributed by atoms with van der Waals surface area (Å²) in [6, 6.07) is 15.9. The number of nitrogens with zero attached hydrogens (tertiary/aromatic N) is 6. The first-order valence-corrected chi connectivity index (χ1v) is 17.0. The molecule has 2 aromatic heterocycles. The molecule has 3 fully saturated rings. The van der Waals surface area contributed by atoms with Gasteiger partial charge in [-0.05, 0) is 81.0 Å². The number of nitrogen functional groups attached to an aromatic ring is 1. The van der Waals surface area contributed by atoms with Crippen molar-refractivity contribution in [2.75, 3.05) is 30.8 Å². The Kier molecular flexibility index (Phi) is 8.97. The van der Waals surface area contributed by atoms with E-state index in [0.29, 0.717) is 48.2 Å². The van der Waals surface area contributed by atoms with Crippen molar-refractivity contribution in [2.45, 2.75) is 81.1 Å². The van der Waals surface area contributed by atoms with Crippen LogP contribution in [0, 0.1) is 0 Å². The van der Waals surface area contributed by atoms with Crippen LogP contribution in [-0.2, 0) is 4.79 Å². The molecule has 5 N–H and O–H groups in total. The summed E-state index contributed by atoms with van der Waals surface area (Å²) in [6.45, 7) is 0.322. The lowest BCUT2D eigenvalue weighted by Gasteiger charge is -2.44. The Balaban J connectivity index is 0.973. The summed E-state index contributed by atoms with van der Waals surface area (Å²) in [5.41, 5.74) is 10.1. The van der Waals surface area contributed by atoms with Crippen molar-refractivity contribution < 1.29 is 23.8 Å². The van der Waals surface area contributed by atoms with Gasteiger partial charge in [-0.3, -0.25) is 14.4 Å². The third-order valence-corrected chi connectivity index (χ3v) is 10.6. The van der Waals surface area contributed by atoms with Gasteiger partial charge in [0.2, 0.25) is 5.91 Å². The number of amides is 1. The van der Waals surface area contributed by atoms with Crippen LogP contribution in [-0.4, -0.2) is 85.4 Å². The zero-order chi connectivity index (χ0) is 34.3. The second-order valence-corrected chi connectivity index (χ2v) is 13.6. The van der Waals surface area contributed by atoms with E-state index in [2.05, 4.69) is 20.6 Å². The molecule has 4 aromatic rings. The number of alkyl halides is 2. The van der Waals surface area contributed by atoms with Gasteiger partial charge in [-0.25, -0.2) is 8.78 Å². The van der Waals surface area contributed by atoms with Crippen molar-refractivity contribution in [3.63, 3.8) is 0 Å². The Hall–Kier alpha value is -4.62. The topological polar surface area (TPSA) is 146 Å². The molecule has 2 aromatic carbocycles. The average Bonchev–Trinajstić information content (AvgIpc) is 3.58. The molecule has 4 heterocycles. The standard InChI is InChI=1S/C36H42F2N8O3/c1-44(31-13-14-33(48)41-35(31)49)26-6-4-5-22(17-26)29-15-16-45(21-36(29,37)38)24-9-11-25(12-10-24)46-20-23(19-40-46)28-18-30(42-43-34(28)39)27-7-2-3-8-32(27)47/h2-8,17-20,24-25,29,31,35,47,49H,9-16,21H2,1H3,(H2,39,43)(H,41,48)/t24?,25?,29-,31+,35?/m1/s1. The summed E-state index contributed by atoms with van der Waals surface area (Å²) in [4.78, 5) is 15.5. The Morgan fingerprint density at radius 1 is 0.980 bits per heavy atom. The molecule has 1 unspecified atom stereocenters. The van der Waals surface area contributed by atoms with Crippen LogP contribution >= 0.6 is 0 Å². The highest BCUT2D eigenvalue weighted by Crippen LogP contribution is 2.44.